The highest BCUT2D eigenvalue weighted by molar-refractivity contribution is 5.78. The number of piperazine rings is 1. The molecule has 5 nitrogen and oxygen atoms in total. The van der Waals surface area contributed by atoms with Crippen LogP contribution >= 0.6 is 0 Å². The van der Waals surface area contributed by atoms with Crippen LogP contribution in [0.15, 0.2) is 24.3 Å². The topological polar surface area (TPSA) is 53.6 Å². The summed E-state index contributed by atoms with van der Waals surface area (Å²) >= 11 is 0. The number of amides is 1. The minimum Gasteiger partial charge on any atom is -0.381 e. The second kappa shape index (κ2) is 8.60. The molecule has 2 N–H and O–H groups in total. The fourth-order valence-electron chi connectivity index (χ4n) is 3.54. The summed E-state index contributed by atoms with van der Waals surface area (Å²) in [6.45, 7) is 6.89. The van der Waals surface area contributed by atoms with Crippen LogP contribution in [0.5, 0.6) is 0 Å². The first-order valence-electron chi connectivity index (χ1n) is 9.17. The highest BCUT2D eigenvalue weighted by Crippen LogP contribution is 2.22. The van der Waals surface area contributed by atoms with Gasteiger partial charge in [0.05, 0.1) is 6.54 Å². The quantitative estimate of drug-likeness (QED) is 0.858. The molecule has 1 atom stereocenters. The Balaban J connectivity index is 1.59. The third kappa shape index (κ3) is 4.56. The summed E-state index contributed by atoms with van der Waals surface area (Å²) in [7, 11) is 0. The number of nitrogens with one attached hydrogen (secondary N) is 2. The third-order valence-electron chi connectivity index (χ3n) is 5.06. The largest absolute Gasteiger partial charge is 0.381 e. The van der Waals surface area contributed by atoms with E-state index in [2.05, 4.69) is 46.7 Å². The van der Waals surface area contributed by atoms with Crippen molar-refractivity contribution in [2.24, 2.45) is 0 Å². The number of ether oxygens (including phenoxy) is 1. The van der Waals surface area contributed by atoms with Crippen molar-refractivity contribution in [2.45, 2.75) is 38.3 Å². The Kier molecular flexibility index (Phi) is 6.24. The minimum atomic E-state index is 0.138. The third-order valence-corrected chi connectivity index (χ3v) is 5.06. The van der Waals surface area contributed by atoms with E-state index in [4.69, 9.17) is 4.74 Å². The summed E-state index contributed by atoms with van der Waals surface area (Å²) < 4.78 is 5.35. The molecule has 1 aromatic rings. The van der Waals surface area contributed by atoms with Gasteiger partial charge in [-0.05, 0) is 30.4 Å². The number of carbonyl (C=O) groups excluding carboxylic acids is 1. The van der Waals surface area contributed by atoms with E-state index >= 15 is 0 Å². The number of benzene rings is 1. The number of aryl methyl sites for hydroxylation is 1. The van der Waals surface area contributed by atoms with Crippen LogP contribution in [0.4, 0.5) is 0 Å². The molecular weight excluding hydrogens is 302 g/mol. The van der Waals surface area contributed by atoms with Gasteiger partial charge in [0.2, 0.25) is 5.91 Å². The number of rotatable bonds is 5. The molecule has 5 heteroatoms. The van der Waals surface area contributed by atoms with Gasteiger partial charge in [-0.1, -0.05) is 31.2 Å². The smallest absolute Gasteiger partial charge is 0.234 e. The summed E-state index contributed by atoms with van der Waals surface area (Å²) in [5.41, 5.74) is 2.64. The predicted molar refractivity (Wildman–Crippen MR) is 95.0 cm³/mol. The first-order valence-corrected chi connectivity index (χ1v) is 9.17. The lowest BCUT2D eigenvalue weighted by Crippen LogP contribution is -2.51. The number of carbonyl (C=O) groups is 1. The van der Waals surface area contributed by atoms with Crippen molar-refractivity contribution in [2.75, 3.05) is 39.4 Å². The standard InChI is InChI=1S/C19H29N3O2/c1-2-15-3-5-16(6-4-15)18-13-20-9-10-22(18)14-19(23)21-17-7-11-24-12-8-17/h3-6,17-18,20H,2,7-14H2,1H3,(H,21,23). The van der Waals surface area contributed by atoms with Crippen LogP contribution in [0.25, 0.3) is 0 Å². The number of nitrogens with zero attached hydrogens (tertiary/aromatic N) is 1. The zero-order valence-corrected chi connectivity index (χ0v) is 14.6. The van der Waals surface area contributed by atoms with Gasteiger partial charge < -0.3 is 15.4 Å². The molecule has 0 bridgehead atoms. The van der Waals surface area contributed by atoms with Gasteiger partial charge in [0.15, 0.2) is 0 Å². The normalized spacial score (nSPS) is 23.1. The van der Waals surface area contributed by atoms with Crippen molar-refractivity contribution in [3.8, 4) is 0 Å². The lowest BCUT2D eigenvalue weighted by Gasteiger charge is -2.36. The lowest BCUT2D eigenvalue weighted by molar-refractivity contribution is -0.124. The zero-order valence-electron chi connectivity index (χ0n) is 14.6. The molecule has 24 heavy (non-hydrogen) atoms. The molecule has 2 heterocycles. The van der Waals surface area contributed by atoms with Crippen molar-refractivity contribution < 1.29 is 9.53 Å². The van der Waals surface area contributed by atoms with Gasteiger partial charge >= 0.3 is 0 Å². The molecule has 3 rings (SSSR count). The van der Waals surface area contributed by atoms with Crippen molar-refractivity contribution in [3.05, 3.63) is 35.4 Å². The summed E-state index contributed by atoms with van der Waals surface area (Å²) in [6, 6.07) is 9.36. The predicted octanol–water partition coefficient (Wildman–Crippen LogP) is 1.49. The first-order chi connectivity index (χ1) is 11.8. The Morgan fingerprint density at radius 3 is 2.75 bits per heavy atom. The van der Waals surface area contributed by atoms with Gasteiger partial charge in [-0.2, -0.15) is 0 Å². The average molecular weight is 331 g/mol. The molecule has 1 aromatic carbocycles. The van der Waals surface area contributed by atoms with Crippen molar-refractivity contribution in [1.82, 2.24) is 15.5 Å². The second-order valence-corrected chi connectivity index (χ2v) is 6.74. The number of hydrogen-bond donors (Lipinski definition) is 2. The fourth-order valence-corrected chi connectivity index (χ4v) is 3.54. The molecule has 132 valence electrons. The number of hydrogen-bond acceptors (Lipinski definition) is 4. The summed E-state index contributed by atoms with van der Waals surface area (Å²) in [6.07, 6.45) is 2.91. The van der Waals surface area contributed by atoms with Crippen LogP contribution in [0.2, 0.25) is 0 Å². The maximum Gasteiger partial charge on any atom is 0.234 e. The molecule has 0 spiro atoms. The Bertz CT molecular complexity index is 526. The van der Waals surface area contributed by atoms with Gasteiger partial charge in [-0.25, -0.2) is 0 Å². The summed E-state index contributed by atoms with van der Waals surface area (Å²) in [5.74, 6) is 0.138. The van der Waals surface area contributed by atoms with Crippen molar-refractivity contribution >= 4 is 5.91 Å². The SMILES string of the molecule is CCc1ccc(C2CNCCN2CC(=O)NC2CCOCC2)cc1. The minimum absolute atomic E-state index is 0.138. The Morgan fingerprint density at radius 2 is 2.04 bits per heavy atom. The molecule has 1 amide bonds. The summed E-state index contributed by atoms with van der Waals surface area (Å²) in [4.78, 5) is 14.7. The van der Waals surface area contributed by atoms with E-state index in [-0.39, 0.29) is 18.0 Å². The van der Waals surface area contributed by atoms with Gasteiger partial charge in [-0.15, -0.1) is 0 Å². The van der Waals surface area contributed by atoms with Crippen molar-refractivity contribution in [3.63, 3.8) is 0 Å². The van der Waals surface area contributed by atoms with Gasteiger partial charge in [0, 0.05) is 44.9 Å². The van der Waals surface area contributed by atoms with Crippen LogP contribution < -0.4 is 10.6 Å². The van der Waals surface area contributed by atoms with E-state index in [1.165, 1.54) is 11.1 Å². The van der Waals surface area contributed by atoms with Crippen LogP contribution in [0.3, 0.4) is 0 Å². The maximum atomic E-state index is 12.4. The molecule has 2 saturated heterocycles. The average Bonchev–Trinajstić information content (AvgIpc) is 2.63. The van der Waals surface area contributed by atoms with Gasteiger partial charge in [-0.3, -0.25) is 9.69 Å². The molecule has 0 aromatic heterocycles. The second-order valence-electron chi connectivity index (χ2n) is 6.74. The Morgan fingerprint density at radius 1 is 1.29 bits per heavy atom. The van der Waals surface area contributed by atoms with Gasteiger partial charge in [0.1, 0.15) is 0 Å². The highest BCUT2D eigenvalue weighted by Gasteiger charge is 2.26. The van der Waals surface area contributed by atoms with E-state index in [0.717, 1.165) is 52.1 Å². The monoisotopic (exact) mass is 331 g/mol. The Hall–Kier alpha value is -1.43. The van der Waals surface area contributed by atoms with Crippen molar-refractivity contribution in [1.29, 1.82) is 0 Å². The van der Waals surface area contributed by atoms with Gasteiger partial charge in [0.25, 0.3) is 0 Å². The van der Waals surface area contributed by atoms with Crippen LogP contribution in [0, 0.1) is 0 Å². The Labute approximate surface area is 144 Å². The molecular formula is C19H29N3O2. The van der Waals surface area contributed by atoms with Crippen LogP contribution in [0.1, 0.15) is 36.9 Å². The van der Waals surface area contributed by atoms with E-state index in [1.54, 1.807) is 0 Å². The molecule has 0 saturated carbocycles. The lowest BCUT2D eigenvalue weighted by atomic mass is 10.0. The molecule has 0 radical (unpaired) electrons. The fraction of sp³-hybridized carbons (Fsp3) is 0.632. The molecule has 2 fully saturated rings. The molecule has 1 unspecified atom stereocenters. The van der Waals surface area contributed by atoms with E-state index in [9.17, 15) is 4.79 Å². The zero-order chi connectivity index (χ0) is 16.8. The van der Waals surface area contributed by atoms with E-state index in [0.29, 0.717) is 6.54 Å². The van der Waals surface area contributed by atoms with E-state index in [1.807, 2.05) is 0 Å². The molecule has 2 aliphatic rings. The van der Waals surface area contributed by atoms with Crippen LogP contribution in [-0.4, -0.2) is 56.2 Å². The molecule has 2 aliphatic heterocycles. The summed E-state index contributed by atoms with van der Waals surface area (Å²) in [5, 5.41) is 6.63. The molecule has 0 aliphatic carbocycles. The maximum absolute atomic E-state index is 12.4. The van der Waals surface area contributed by atoms with E-state index < -0.39 is 0 Å². The highest BCUT2D eigenvalue weighted by atomic mass is 16.5. The van der Waals surface area contributed by atoms with Crippen LogP contribution in [-0.2, 0) is 16.0 Å². The first kappa shape index (κ1) is 17.4.